The second kappa shape index (κ2) is 9.64. The van der Waals surface area contributed by atoms with E-state index in [0.29, 0.717) is 25.4 Å². The highest BCUT2D eigenvalue weighted by Gasteiger charge is 2.28. The molecule has 0 spiro atoms. The summed E-state index contributed by atoms with van der Waals surface area (Å²) in [5.74, 6) is 0.446. The van der Waals surface area contributed by atoms with Crippen molar-refractivity contribution in [3.63, 3.8) is 0 Å². The Hall–Kier alpha value is -3.04. The number of carbonyl (C=O) groups excluding carboxylic acids is 2. The highest BCUT2D eigenvalue weighted by Crippen LogP contribution is 2.29. The van der Waals surface area contributed by atoms with Crippen LogP contribution in [0.25, 0.3) is 0 Å². The van der Waals surface area contributed by atoms with E-state index < -0.39 is 16.6 Å². The third-order valence-electron chi connectivity index (χ3n) is 4.68. The number of nitro groups is 1. The predicted octanol–water partition coefficient (Wildman–Crippen LogP) is 3.71. The third kappa shape index (κ3) is 6.50. The number of rotatable bonds is 5. The van der Waals surface area contributed by atoms with Gasteiger partial charge in [0.15, 0.2) is 0 Å². The molecule has 1 N–H and O–H groups in total. The van der Waals surface area contributed by atoms with E-state index in [1.165, 1.54) is 30.2 Å². The maximum Gasteiger partial charge on any atom is 0.410 e. The Morgan fingerprint density at radius 1 is 1.37 bits per heavy atom. The number of likely N-dealkylation sites (tertiary alicyclic amines) is 1. The zero-order valence-electron chi connectivity index (χ0n) is 18.1. The lowest BCUT2D eigenvalue weighted by molar-refractivity contribution is -0.384. The lowest BCUT2D eigenvalue weighted by Gasteiger charge is -2.35. The molecule has 1 heterocycles. The second-order valence-corrected chi connectivity index (χ2v) is 8.39. The molecule has 3 amide bonds. The van der Waals surface area contributed by atoms with Crippen LogP contribution in [0, 0.1) is 16.0 Å². The van der Waals surface area contributed by atoms with E-state index in [2.05, 4.69) is 5.32 Å². The summed E-state index contributed by atoms with van der Waals surface area (Å²) in [4.78, 5) is 38.6. The maximum absolute atomic E-state index is 12.8. The largest absolute Gasteiger partial charge is 0.495 e. The molecule has 0 radical (unpaired) electrons. The minimum atomic E-state index is -0.568. The third-order valence-corrected chi connectivity index (χ3v) is 4.68. The number of urea groups is 1. The van der Waals surface area contributed by atoms with Gasteiger partial charge in [-0.25, -0.2) is 9.59 Å². The summed E-state index contributed by atoms with van der Waals surface area (Å²) < 4.78 is 10.6. The number of hydrogen-bond donors (Lipinski definition) is 1. The smallest absolute Gasteiger partial charge is 0.410 e. The predicted molar refractivity (Wildman–Crippen MR) is 112 cm³/mol. The second-order valence-electron chi connectivity index (χ2n) is 8.39. The first-order valence-corrected chi connectivity index (χ1v) is 9.82. The van der Waals surface area contributed by atoms with Gasteiger partial charge in [0.2, 0.25) is 0 Å². The van der Waals surface area contributed by atoms with Crippen molar-refractivity contribution < 1.29 is 24.0 Å². The highest BCUT2D eigenvalue weighted by atomic mass is 16.6. The zero-order chi connectivity index (χ0) is 22.5. The minimum Gasteiger partial charge on any atom is -0.495 e. The van der Waals surface area contributed by atoms with Crippen molar-refractivity contribution in [2.45, 2.75) is 39.2 Å². The number of non-ortho nitro benzene ring substituents is 1. The van der Waals surface area contributed by atoms with Crippen molar-refractivity contribution in [1.82, 2.24) is 9.80 Å². The highest BCUT2D eigenvalue weighted by molar-refractivity contribution is 5.91. The molecule has 1 aliphatic heterocycles. The molecular formula is C20H30N4O6. The van der Waals surface area contributed by atoms with Gasteiger partial charge in [-0.1, -0.05) is 0 Å². The first-order chi connectivity index (χ1) is 14.0. The zero-order valence-corrected chi connectivity index (χ0v) is 18.1. The van der Waals surface area contributed by atoms with E-state index in [-0.39, 0.29) is 23.3 Å². The summed E-state index contributed by atoms with van der Waals surface area (Å²) in [7, 11) is 3.11. The Kier molecular flexibility index (Phi) is 7.47. The Bertz CT molecular complexity index is 792. The molecule has 1 aromatic rings. The first kappa shape index (κ1) is 23.2. The molecular weight excluding hydrogens is 392 g/mol. The first-order valence-electron chi connectivity index (χ1n) is 9.82. The average molecular weight is 422 g/mol. The van der Waals surface area contributed by atoms with Crippen LogP contribution >= 0.6 is 0 Å². The number of amides is 3. The van der Waals surface area contributed by atoms with E-state index in [9.17, 15) is 19.7 Å². The quantitative estimate of drug-likeness (QED) is 0.571. The van der Waals surface area contributed by atoms with Gasteiger partial charge in [-0.3, -0.25) is 10.1 Å². The van der Waals surface area contributed by atoms with E-state index in [4.69, 9.17) is 9.47 Å². The van der Waals surface area contributed by atoms with Crippen LogP contribution in [0.1, 0.15) is 33.6 Å². The van der Waals surface area contributed by atoms with Gasteiger partial charge >= 0.3 is 12.1 Å². The maximum atomic E-state index is 12.8. The summed E-state index contributed by atoms with van der Waals surface area (Å²) >= 11 is 0. The standard InChI is InChI=1S/C20H30N4O6/c1-20(2,3)30-19(26)22(4)12-14-7-6-10-23(13-14)18(25)21-16-11-15(24(27)28)8-9-17(16)29-5/h8-9,11,14H,6-7,10,12-13H2,1-5H3,(H,21,25). The minimum absolute atomic E-state index is 0.106. The molecule has 1 saturated heterocycles. The summed E-state index contributed by atoms with van der Waals surface area (Å²) in [6.07, 6.45) is 1.29. The molecule has 1 aliphatic rings. The van der Waals surface area contributed by atoms with Gasteiger partial charge in [0.1, 0.15) is 11.4 Å². The van der Waals surface area contributed by atoms with Crippen LogP contribution < -0.4 is 10.1 Å². The molecule has 1 aromatic carbocycles. The number of nitrogens with one attached hydrogen (secondary N) is 1. The van der Waals surface area contributed by atoms with Crippen molar-refractivity contribution in [3.8, 4) is 5.75 Å². The molecule has 1 fully saturated rings. The Balaban J connectivity index is 2.00. The molecule has 1 atom stereocenters. The van der Waals surface area contributed by atoms with Gasteiger partial charge in [0, 0.05) is 38.8 Å². The average Bonchev–Trinajstić information content (AvgIpc) is 2.66. The van der Waals surface area contributed by atoms with Crippen LogP contribution in [-0.2, 0) is 4.74 Å². The van der Waals surface area contributed by atoms with Gasteiger partial charge in [-0.15, -0.1) is 0 Å². The summed E-state index contributed by atoms with van der Waals surface area (Å²) in [5, 5.41) is 13.7. The Morgan fingerprint density at radius 3 is 2.67 bits per heavy atom. The number of carbonyl (C=O) groups is 2. The fourth-order valence-electron chi connectivity index (χ4n) is 3.30. The van der Waals surface area contributed by atoms with Crippen LogP contribution in [0.3, 0.4) is 0 Å². The lowest BCUT2D eigenvalue weighted by Crippen LogP contribution is -2.46. The van der Waals surface area contributed by atoms with E-state index in [1.54, 1.807) is 11.9 Å². The van der Waals surface area contributed by atoms with Crippen molar-refractivity contribution >= 4 is 23.5 Å². The number of benzene rings is 1. The number of nitrogens with zero attached hydrogens (tertiary/aromatic N) is 3. The SMILES string of the molecule is COc1ccc([N+](=O)[O-])cc1NC(=O)N1CCCC(CN(C)C(=O)OC(C)(C)C)C1. The van der Waals surface area contributed by atoms with Crippen LogP contribution in [-0.4, -0.2) is 66.2 Å². The molecule has 10 nitrogen and oxygen atoms in total. The van der Waals surface area contributed by atoms with Gasteiger partial charge < -0.3 is 24.6 Å². The molecule has 30 heavy (non-hydrogen) atoms. The fourth-order valence-corrected chi connectivity index (χ4v) is 3.30. The van der Waals surface area contributed by atoms with Crippen LogP contribution in [0.4, 0.5) is 21.0 Å². The van der Waals surface area contributed by atoms with E-state index >= 15 is 0 Å². The van der Waals surface area contributed by atoms with Crippen LogP contribution in [0.5, 0.6) is 5.75 Å². The van der Waals surface area contributed by atoms with Gasteiger partial charge in [-0.2, -0.15) is 0 Å². The number of nitro benzene ring substituents is 1. The fraction of sp³-hybridized carbons (Fsp3) is 0.600. The summed E-state index contributed by atoms with van der Waals surface area (Å²) in [6.45, 7) is 6.94. The monoisotopic (exact) mass is 422 g/mol. The van der Waals surface area contributed by atoms with Crippen molar-refractivity contribution in [3.05, 3.63) is 28.3 Å². The normalized spacial score (nSPS) is 16.6. The van der Waals surface area contributed by atoms with Crippen LogP contribution in [0.2, 0.25) is 0 Å². The molecule has 166 valence electrons. The molecule has 0 aromatic heterocycles. The summed E-state index contributed by atoms with van der Waals surface area (Å²) in [5.41, 5.74) is -0.465. The van der Waals surface area contributed by atoms with Crippen molar-refractivity contribution in [2.75, 3.05) is 39.1 Å². The number of ether oxygens (including phenoxy) is 2. The molecule has 10 heteroatoms. The number of hydrogen-bond acceptors (Lipinski definition) is 6. The van der Waals surface area contributed by atoms with E-state index in [0.717, 1.165) is 12.8 Å². The van der Waals surface area contributed by atoms with Crippen molar-refractivity contribution in [1.29, 1.82) is 0 Å². The topological polar surface area (TPSA) is 114 Å². The molecule has 1 unspecified atom stereocenters. The number of methoxy groups -OCH3 is 1. The van der Waals surface area contributed by atoms with Gasteiger partial charge in [0.05, 0.1) is 17.7 Å². The number of anilines is 1. The number of piperidine rings is 1. The lowest BCUT2D eigenvalue weighted by atomic mass is 9.98. The van der Waals surface area contributed by atoms with E-state index in [1.807, 2.05) is 20.8 Å². The summed E-state index contributed by atoms with van der Waals surface area (Å²) in [6, 6.07) is 3.67. The van der Waals surface area contributed by atoms with Gasteiger partial charge in [-0.05, 0) is 45.6 Å². The Labute approximate surface area is 176 Å². The molecule has 0 aliphatic carbocycles. The van der Waals surface area contributed by atoms with Crippen molar-refractivity contribution in [2.24, 2.45) is 5.92 Å². The molecule has 0 bridgehead atoms. The molecule has 2 rings (SSSR count). The van der Waals surface area contributed by atoms with Crippen LogP contribution in [0.15, 0.2) is 18.2 Å². The van der Waals surface area contributed by atoms with Gasteiger partial charge in [0.25, 0.3) is 5.69 Å². The molecule has 0 saturated carbocycles. The Morgan fingerprint density at radius 2 is 2.07 bits per heavy atom.